The van der Waals surface area contributed by atoms with E-state index in [9.17, 15) is 29.1 Å². The van der Waals surface area contributed by atoms with Gasteiger partial charge in [0.1, 0.15) is 23.3 Å². The van der Waals surface area contributed by atoms with Crippen molar-refractivity contribution in [2.75, 3.05) is 18.4 Å². The number of carbonyl (C=O) groups excluding carboxylic acids is 2. The van der Waals surface area contributed by atoms with Crippen molar-refractivity contribution >= 4 is 23.8 Å². The molecule has 0 radical (unpaired) electrons. The lowest BCUT2D eigenvalue weighted by atomic mass is 10.0. The Balaban J connectivity index is 1.84. The fraction of sp³-hybridized carbons (Fsp3) is 0.276. The maximum atomic E-state index is 13.6. The van der Waals surface area contributed by atoms with Gasteiger partial charge in [0.15, 0.2) is 0 Å². The van der Waals surface area contributed by atoms with Crippen molar-refractivity contribution in [1.29, 1.82) is 5.26 Å². The predicted molar refractivity (Wildman–Crippen MR) is 146 cm³/mol. The number of alkyl carbamates (subject to hydrolysis) is 1. The van der Waals surface area contributed by atoms with Crippen LogP contribution in [-0.2, 0) is 16.0 Å². The van der Waals surface area contributed by atoms with Gasteiger partial charge in [0.2, 0.25) is 0 Å². The van der Waals surface area contributed by atoms with Crippen LogP contribution < -0.4 is 16.0 Å². The van der Waals surface area contributed by atoms with Crippen LogP contribution in [0.1, 0.15) is 42.3 Å². The molecule has 10 nitrogen and oxygen atoms in total. The van der Waals surface area contributed by atoms with Crippen molar-refractivity contribution in [2.24, 2.45) is 0 Å². The SMILES string of the molecule is CC(C)(C)OC(=O)NC[C@H](NC(=O)c1ccc(-c2ccccc2C#N)nc1NCCc1cccc(F)c1)C(=O)O. The summed E-state index contributed by atoms with van der Waals surface area (Å²) in [5.41, 5.74) is 1.34. The number of carboxylic acids is 1. The van der Waals surface area contributed by atoms with Crippen molar-refractivity contribution < 1.29 is 28.6 Å². The van der Waals surface area contributed by atoms with E-state index in [1.54, 1.807) is 63.2 Å². The lowest BCUT2D eigenvalue weighted by molar-refractivity contribution is -0.139. The van der Waals surface area contributed by atoms with Crippen molar-refractivity contribution in [3.05, 3.63) is 83.2 Å². The summed E-state index contributed by atoms with van der Waals surface area (Å²) in [6.07, 6.45) is -0.410. The molecule has 1 aromatic heterocycles. The zero-order valence-electron chi connectivity index (χ0n) is 22.3. The van der Waals surface area contributed by atoms with Crippen LogP contribution in [0.25, 0.3) is 11.3 Å². The number of aromatic nitrogens is 1. The van der Waals surface area contributed by atoms with Crippen LogP contribution >= 0.6 is 0 Å². The molecule has 0 aliphatic carbocycles. The van der Waals surface area contributed by atoms with Crippen LogP contribution in [-0.4, -0.2) is 52.8 Å². The number of anilines is 1. The zero-order valence-corrected chi connectivity index (χ0v) is 22.3. The second-order valence-electron chi connectivity index (χ2n) is 9.80. The van der Waals surface area contributed by atoms with Gasteiger partial charge in [-0.2, -0.15) is 5.26 Å². The molecule has 0 bridgehead atoms. The molecule has 3 rings (SSSR count). The second kappa shape index (κ2) is 13.2. The Kier molecular flexibility index (Phi) is 9.76. The molecule has 2 aromatic carbocycles. The zero-order chi connectivity index (χ0) is 29.3. The highest BCUT2D eigenvalue weighted by Gasteiger charge is 2.25. The summed E-state index contributed by atoms with van der Waals surface area (Å²) in [5, 5.41) is 26.9. The Morgan fingerprint density at radius 1 is 1.10 bits per heavy atom. The van der Waals surface area contributed by atoms with Crippen molar-refractivity contribution in [2.45, 2.75) is 38.8 Å². The molecule has 208 valence electrons. The number of benzene rings is 2. The summed E-state index contributed by atoms with van der Waals surface area (Å²) in [6, 6.07) is 16.6. The lowest BCUT2D eigenvalue weighted by Gasteiger charge is -2.21. The van der Waals surface area contributed by atoms with Crippen molar-refractivity contribution in [3.63, 3.8) is 0 Å². The predicted octanol–water partition coefficient (Wildman–Crippen LogP) is 4.12. The van der Waals surface area contributed by atoms with E-state index in [1.165, 1.54) is 18.2 Å². The molecule has 11 heteroatoms. The number of nitrogens with one attached hydrogen (secondary N) is 3. The largest absolute Gasteiger partial charge is 0.480 e. The van der Waals surface area contributed by atoms with Gasteiger partial charge in [0.05, 0.1) is 29.4 Å². The third-order valence-corrected chi connectivity index (χ3v) is 5.51. The number of nitrogens with zero attached hydrogens (tertiary/aromatic N) is 2. The van der Waals surface area contributed by atoms with Gasteiger partial charge in [0, 0.05) is 12.1 Å². The third-order valence-electron chi connectivity index (χ3n) is 5.51. The van der Waals surface area contributed by atoms with E-state index in [0.717, 1.165) is 5.56 Å². The van der Waals surface area contributed by atoms with Gasteiger partial charge in [-0.05, 0) is 63.1 Å². The molecular formula is C29H30FN5O5. The van der Waals surface area contributed by atoms with Crippen LogP contribution in [0.5, 0.6) is 0 Å². The van der Waals surface area contributed by atoms with E-state index in [4.69, 9.17) is 4.74 Å². The van der Waals surface area contributed by atoms with Crippen LogP contribution in [0.2, 0.25) is 0 Å². The van der Waals surface area contributed by atoms with E-state index >= 15 is 0 Å². The monoisotopic (exact) mass is 547 g/mol. The minimum Gasteiger partial charge on any atom is -0.480 e. The molecule has 4 N–H and O–H groups in total. The number of ether oxygens (including phenoxy) is 1. The molecule has 1 heterocycles. The lowest BCUT2D eigenvalue weighted by Crippen LogP contribution is -2.49. The number of aliphatic carboxylic acids is 1. The molecule has 0 aliphatic heterocycles. The van der Waals surface area contributed by atoms with Crippen LogP contribution in [0.3, 0.4) is 0 Å². The smallest absolute Gasteiger partial charge is 0.407 e. The first-order valence-electron chi connectivity index (χ1n) is 12.5. The minimum atomic E-state index is -1.46. The molecule has 40 heavy (non-hydrogen) atoms. The molecule has 0 fully saturated rings. The number of nitriles is 1. The molecule has 2 amide bonds. The van der Waals surface area contributed by atoms with E-state index in [0.29, 0.717) is 23.2 Å². The minimum absolute atomic E-state index is 0.0425. The standard InChI is InChI=1S/C29H30FN5O5/c1-29(2,3)40-28(39)33-17-24(27(37)38)35-26(36)22-11-12-23(21-10-5-4-8-19(21)16-31)34-25(22)32-14-13-18-7-6-9-20(30)15-18/h4-12,15,24H,13-14,17H2,1-3H3,(H,32,34)(H,33,39)(H,35,36)(H,37,38)/t24-/m0/s1. The van der Waals surface area contributed by atoms with E-state index in [1.807, 2.05) is 0 Å². The first-order chi connectivity index (χ1) is 19.0. The van der Waals surface area contributed by atoms with E-state index in [-0.39, 0.29) is 23.7 Å². The quantitative estimate of drug-likeness (QED) is 0.296. The topological polar surface area (TPSA) is 153 Å². The first-order valence-corrected chi connectivity index (χ1v) is 12.5. The summed E-state index contributed by atoms with van der Waals surface area (Å²) in [7, 11) is 0. The molecular weight excluding hydrogens is 517 g/mol. The van der Waals surface area contributed by atoms with Crippen molar-refractivity contribution in [3.8, 4) is 17.3 Å². The van der Waals surface area contributed by atoms with Crippen LogP contribution in [0.4, 0.5) is 15.0 Å². The Labute approximate surface area is 231 Å². The Morgan fingerprint density at radius 2 is 1.85 bits per heavy atom. The summed E-state index contributed by atoms with van der Waals surface area (Å²) in [5.74, 6) is -2.34. The Hall–Kier alpha value is -4.98. The second-order valence-corrected chi connectivity index (χ2v) is 9.80. The number of hydrogen-bond acceptors (Lipinski definition) is 7. The molecule has 3 aromatic rings. The maximum Gasteiger partial charge on any atom is 0.407 e. The summed E-state index contributed by atoms with van der Waals surface area (Å²) >= 11 is 0. The molecule has 1 atom stereocenters. The number of amides is 2. The average Bonchev–Trinajstić information content (AvgIpc) is 2.89. The normalized spacial score (nSPS) is 11.6. The Bertz CT molecular complexity index is 1430. The summed E-state index contributed by atoms with van der Waals surface area (Å²) in [6.45, 7) is 4.86. The van der Waals surface area contributed by atoms with Gasteiger partial charge in [-0.3, -0.25) is 4.79 Å². The van der Waals surface area contributed by atoms with Gasteiger partial charge < -0.3 is 25.8 Å². The summed E-state index contributed by atoms with van der Waals surface area (Å²) < 4.78 is 18.7. The molecule has 0 saturated heterocycles. The number of hydrogen-bond donors (Lipinski definition) is 4. The third kappa shape index (κ3) is 8.52. The Morgan fingerprint density at radius 3 is 2.52 bits per heavy atom. The maximum absolute atomic E-state index is 13.6. The van der Waals surface area contributed by atoms with Gasteiger partial charge in [-0.25, -0.2) is 19.0 Å². The van der Waals surface area contributed by atoms with Crippen LogP contribution in [0, 0.1) is 17.1 Å². The van der Waals surface area contributed by atoms with Crippen molar-refractivity contribution in [1.82, 2.24) is 15.6 Å². The highest BCUT2D eigenvalue weighted by molar-refractivity contribution is 6.01. The molecule has 0 aliphatic rings. The number of carbonyl (C=O) groups is 3. The summed E-state index contributed by atoms with van der Waals surface area (Å²) in [4.78, 5) is 41.5. The number of rotatable bonds is 10. The first kappa shape index (κ1) is 29.6. The number of halogens is 1. The van der Waals surface area contributed by atoms with Gasteiger partial charge in [-0.1, -0.05) is 30.3 Å². The van der Waals surface area contributed by atoms with Crippen LogP contribution in [0.15, 0.2) is 60.7 Å². The molecule has 0 spiro atoms. The van der Waals surface area contributed by atoms with E-state index in [2.05, 4.69) is 27.0 Å². The number of pyridine rings is 1. The fourth-order valence-electron chi connectivity index (χ4n) is 3.68. The van der Waals surface area contributed by atoms with E-state index < -0.39 is 36.2 Å². The van der Waals surface area contributed by atoms with Gasteiger partial charge >= 0.3 is 12.1 Å². The average molecular weight is 548 g/mol. The number of carboxylic acid groups (broad SMARTS) is 1. The molecule has 0 saturated carbocycles. The van der Waals surface area contributed by atoms with Gasteiger partial charge in [-0.15, -0.1) is 0 Å². The highest BCUT2D eigenvalue weighted by Crippen LogP contribution is 2.25. The highest BCUT2D eigenvalue weighted by atomic mass is 19.1. The fourth-order valence-corrected chi connectivity index (χ4v) is 3.68. The molecule has 0 unspecified atom stereocenters. The van der Waals surface area contributed by atoms with Gasteiger partial charge in [0.25, 0.3) is 5.91 Å².